The molecule has 0 bridgehead atoms. The number of aliphatic hydroxyl groups excluding tert-OH is 1. The van der Waals surface area contributed by atoms with E-state index in [1.54, 1.807) is 0 Å². The molecule has 0 aromatic heterocycles. The maximum absolute atomic E-state index is 9.11. The molecule has 1 unspecified atom stereocenters. The van der Waals surface area contributed by atoms with Crippen molar-refractivity contribution in [1.29, 1.82) is 0 Å². The third-order valence-electron chi connectivity index (χ3n) is 2.79. The van der Waals surface area contributed by atoms with Gasteiger partial charge in [0, 0.05) is 5.54 Å². The molecule has 0 spiro atoms. The molecule has 1 aromatic carbocycles. The standard InChI is InChI=1S/C14H23NO/c1-13(2,3)12-7-5-11(6-8-12)9-14(4,15)10-16/h5-8,16H,9-10,15H2,1-4H3. The van der Waals surface area contributed by atoms with Gasteiger partial charge in [0.2, 0.25) is 0 Å². The highest BCUT2D eigenvalue weighted by atomic mass is 16.3. The molecule has 0 heterocycles. The van der Waals surface area contributed by atoms with Gasteiger partial charge >= 0.3 is 0 Å². The van der Waals surface area contributed by atoms with Crippen molar-refractivity contribution >= 4 is 0 Å². The molecule has 1 rings (SSSR count). The maximum Gasteiger partial charge on any atom is 0.0611 e. The van der Waals surface area contributed by atoms with E-state index < -0.39 is 5.54 Å². The zero-order valence-electron chi connectivity index (χ0n) is 10.7. The molecule has 3 N–H and O–H groups in total. The summed E-state index contributed by atoms with van der Waals surface area (Å²) in [5.74, 6) is 0. The molecule has 1 atom stereocenters. The van der Waals surface area contributed by atoms with E-state index in [4.69, 9.17) is 10.8 Å². The molecule has 0 aliphatic heterocycles. The Morgan fingerprint density at radius 3 is 1.94 bits per heavy atom. The zero-order chi connectivity index (χ0) is 12.4. The Kier molecular flexibility index (Phi) is 3.76. The fraction of sp³-hybridized carbons (Fsp3) is 0.571. The first-order valence-electron chi connectivity index (χ1n) is 5.74. The third-order valence-corrected chi connectivity index (χ3v) is 2.79. The summed E-state index contributed by atoms with van der Waals surface area (Å²) in [6, 6.07) is 8.48. The summed E-state index contributed by atoms with van der Waals surface area (Å²) in [5, 5.41) is 9.11. The van der Waals surface area contributed by atoms with Crippen LogP contribution < -0.4 is 5.73 Å². The van der Waals surface area contributed by atoms with Crippen LogP contribution in [0.25, 0.3) is 0 Å². The van der Waals surface area contributed by atoms with Crippen LogP contribution in [0, 0.1) is 0 Å². The Morgan fingerprint density at radius 1 is 1.06 bits per heavy atom. The van der Waals surface area contributed by atoms with Gasteiger partial charge in [-0.25, -0.2) is 0 Å². The van der Waals surface area contributed by atoms with E-state index in [-0.39, 0.29) is 12.0 Å². The highest BCUT2D eigenvalue weighted by Crippen LogP contribution is 2.23. The van der Waals surface area contributed by atoms with Crippen molar-refractivity contribution in [2.45, 2.75) is 45.1 Å². The molecule has 90 valence electrons. The summed E-state index contributed by atoms with van der Waals surface area (Å²) < 4.78 is 0. The van der Waals surface area contributed by atoms with E-state index in [2.05, 4.69) is 45.0 Å². The Balaban J connectivity index is 2.80. The van der Waals surface area contributed by atoms with E-state index in [0.29, 0.717) is 6.42 Å². The molecular weight excluding hydrogens is 198 g/mol. The normalized spacial score (nSPS) is 15.9. The zero-order valence-corrected chi connectivity index (χ0v) is 10.7. The van der Waals surface area contributed by atoms with Crippen molar-refractivity contribution < 1.29 is 5.11 Å². The molecular formula is C14H23NO. The second kappa shape index (κ2) is 4.56. The van der Waals surface area contributed by atoms with E-state index in [0.717, 1.165) is 0 Å². The summed E-state index contributed by atoms with van der Waals surface area (Å²) in [7, 11) is 0. The molecule has 2 nitrogen and oxygen atoms in total. The van der Waals surface area contributed by atoms with Crippen LogP contribution in [0.3, 0.4) is 0 Å². The van der Waals surface area contributed by atoms with Crippen LogP contribution in [-0.2, 0) is 11.8 Å². The van der Waals surface area contributed by atoms with Gasteiger partial charge in [0.1, 0.15) is 0 Å². The van der Waals surface area contributed by atoms with Crippen molar-refractivity contribution in [2.75, 3.05) is 6.61 Å². The average molecular weight is 221 g/mol. The lowest BCUT2D eigenvalue weighted by atomic mass is 9.85. The van der Waals surface area contributed by atoms with Crippen molar-refractivity contribution in [3.63, 3.8) is 0 Å². The lowest BCUT2D eigenvalue weighted by molar-refractivity contribution is 0.208. The van der Waals surface area contributed by atoms with Gasteiger partial charge in [0.15, 0.2) is 0 Å². The highest BCUT2D eigenvalue weighted by Gasteiger charge is 2.18. The fourth-order valence-electron chi connectivity index (χ4n) is 1.64. The molecule has 0 fully saturated rings. The number of rotatable bonds is 3. The molecule has 0 amide bonds. The number of benzene rings is 1. The van der Waals surface area contributed by atoms with Gasteiger partial charge < -0.3 is 10.8 Å². The Hall–Kier alpha value is -0.860. The molecule has 0 aliphatic rings. The van der Waals surface area contributed by atoms with E-state index in [1.165, 1.54) is 11.1 Å². The quantitative estimate of drug-likeness (QED) is 0.822. The van der Waals surface area contributed by atoms with Crippen molar-refractivity contribution in [2.24, 2.45) is 5.73 Å². The van der Waals surface area contributed by atoms with Gasteiger partial charge in [-0.3, -0.25) is 0 Å². The van der Waals surface area contributed by atoms with Crippen LogP contribution in [-0.4, -0.2) is 17.3 Å². The van der Waals surface area contributed by atoms with Crippen LogP contribution in [0.4, 0.5) is 0 Å². The van der Waals surface area contributed by atoms with E-state index in [1.807, 2.05) is 6.92 Å². The number of aliphatic hydroxyl groups is 1. The first kappa shape index (κ1) is 13.2. The minimum Gasteiger partial charge on any atom is -0.394 e. The maximum atomic E-state index is 9.11. The molecule has 2 heteroatoms. The summed E-state index contributed by atoms with van der Waals surface area (Å²) in [5.41, 5.74) is 8.07. The Morgan fingerprint density at radius 2 is 1.56 bits per heavy atom. The fourth-order valence-corrected chi connectivity index (χ4v) is 1.64. The van der Waals surface area contributed by atoms with E-state index >= 15 is 0 Å². The molecule has 16 heavy (non-hydrogen) atoms. The summed E-state index contributed by atoms with van der Waals surface area (Å²) >= 11 is 0. The molecule has 0 saturated carbocycles. The monoisotopic (exact) mass is 221 g/mol. The van der Waals surface area contributed by atoms with E-state index in [9.17, 15) is 0 Å². The molecule has 0 saturated heterocycles. The molecule has 1 aromatic rings. The minimum atomic E-state index is -0.525. The Labute approximate surface area is 98.5 Å². The SMILES string of the molecule is CC(N)(CO)Cc1ccc(C(C)(C)C)cc1. The van der Waals surface area contributed by atoms with Gasteiger partial charge in [-0.2, -0.15) is 0 Å². The largest absolute Gasteiger partial charge is 0.394 e. The summed E-state index contributed by atoms with van der Waals surface area (Å²) in [6.07, 6.45) is 0.702. The van der Waals surface area contributed by atoms with Crippen LogP contribution >= 0.6 is 0 Å². The van der Waals surface area contributed by atoms with Gasteiger partial charge in [-0.1, -0.05) is 45.0 Å². The number of nitrogens with two attached hydrogens (primary N) is 1. The lowest BCUT2D eigenvalue weighted by Crippen LogP contribution is -2.42. The molecule has 0 radical (unpaired) electrons. The minimum absolute atomic E-state index is 0.00796. The summed E-state index contributed by atoms with van der Waals surface area (Å²) in [6.45, 7) is 8.47. The van der Waals surface area contributed by atoms with Gasteiger partial charge in [-0.05, 0) is 29.9 Å². The third kappa shape index (κ3) is 3.62. The second-order valence-electron chi connectivity index (χ2n) is 5.94. The van der Waals surface area contributed by atoms with Crippen LogP contribution in [0.15, 0.2) is 24.3 Å². The number of hydrogen-bond donors (Lipinski definition) is 2. The lowest BCUT2D eigenvalue weighted by Gasteiger charge is -2.23. The van der Waals surface area contributed by atoms with Crippen molar-refractivity contribution in [3.8, 4) is 0 Å². The predicted octanol–water partition coefficient (Wildman–Crippen LogP) is 2.24. The predicted molar refractivity (Wildman–Crippen MR) is 68.5 cm³/mol. The average Bonchev–Trinajstić information content (AvgIpc) is 2.16. The van der Waals surface area contributed by atoms with Gasteiger partial charge in [0.25, 0.3) is 0 Å². The molecule has 0 aliphatic carbocycles. The Bertz CT molecular complexity index is 333. The van der Waals surface area contributed by atoms with Crippen LogP contribution in [0.5, 0.6) is 0 Å². The van der Waals surface area contributed by atoms with Crippen LogP contribution in [0.2, 0.25) is 0 Å². The number of hydrogen-bond acceptors (Lipinski definition) is 2. The summed E-state index contributed by atoms with van der Waals surface area (Å²) in [4.78, 5) is 0. The van der Waals surface area contributed by atoms with Crippen molar-refractivity contribution in [3.05, 3.63) is 35.4 Å². The second-order valence-corrected chi connectivity index (χ2v) is 5.94. The smallest absolute Gasteiger partial charge is 0.0611 e. The van der Waals surface area contributed by atoms with Crippen molar-refractivity contribution in [1.82, 2.24) is 0 Å². The van der Waals surface area contributed by atoms with Gasteiger partial charge in [-0.15, -0.1) is 0 Å². The first-order valence-corrected chi connectivity index (χ1v) is 5.74. The highest BCUT2D eigenvalue weighted by molar-refractivity contribution is 5.28. The van der Waals surface area contributed by atoms with Gasteiger partial charge in [0.05, 0.1) is 6.61 Å². The first-order chi connectivity index (χ1) is 7.24. The topological polar surface area (TPSA) is 46.2 Å². The van der Waals surface area contributed by atoms with Crippen LogP contribution in [0.1, 0.15) is 38.8 Å².